The molecule has 1 heterocycles. The molecule has 0 aliphatic carbocycles. The van der Waals surface area contributed by atoms with Crippen LogP contribution in [0.3, 0.4) is 0 Å². The summed E-state index contributed by atoms with van der Waals surface area (Å²) >= 11 is 0. The van der Waals surface area contributed by atoms with Gasteiger partial charge in [-0.25, -0.2) is 8.42 Å². The molecule has 1 aliphatic heterocycles. The number of halogens is 1. The van der Waals surface area contributed by atoms with Gasteiger partial charge in [-0.15, -0.1) is 12.4 Å². The van der Waals surface area contributed by atoms with Crippen LogP contribution in [-0.4, -0.2) is 68.2 Å². The van der Waals surface area contributed by atoms with Gasteiger partial charge in [-0.05, 0) is 25.0 Å². The number of carbonyl (C=O) groups excluding carboxylic acids is 2. The van der Waals surface area contributed by atoms with Crippen molar-refractivity contribution in [3.63, 3.8) is 0 Å². The number of hydrogen-bond acceptors (Lipinski definition) is 5. The zero-order valence-corrected chi connectivity index (χ0v) is 18.1. The minimum atomic E-state index is -3.57. The van der Waals surface area contributed by atoms with Crippen LogP contribution in [0.5, 0.6) is 0 Å². The molecule has 0 bridgehead atoms. The number of benzene rings is 1. The van der Waals surface area contributed by atoms with Gasteiger partial charge in [-0.2, -0.15) is 4.31 Å². The molecule has 3 N–H and O–H groups in total. The largest absolute Gasteiger partial charge is 0.346 e. The topological polar surface area (TPSA) is 113 Å². The van der Waals surface area contributed by atoms with E-state index in [-0.39, 0.29) is 67.8 Å². The fourth-order valence-electron chi connectivity index (χ4n) is 2.73. The number of piperazine rings is 1. The number of nitrogens with two attached hydrogens (primary N) is 1. The van der Waals surface area contributed by atoms with Crippen molar-refractivity contribution < 1.29 is 18.0 Å². The SMILES string of the molecule is Cc1ccc(S(=O)(=O)N2CCN(C(=O)CNC(=O)[C@@H](N)C(C)C)CC2)cc1.Cl. The van der Waals surface area contributed by atoms with Crippen molar-refractivity contribution in [2.75, 3.05) is 32.7 Å². The number of carbonyl (C=O) groups is 2. The third-order valence-electron chi connectivity index (χ3n) is 4.68. The highest BCUT2D eigenvalue weighted by atomic mass is 35.5. The van der Waals surface area contributed by atoms with E-state index in [1.807, 2.05) is 20.8 Å². The van der Waals surface area contributed by atoms with Gasteiger partial charge in [0.25, 0.3) is 0 Å². The fourth-order valence-corrected chi connectivity index (χ4v) is 4.15. The molecule has 1 atom stereocenters. The Morgan fingerprint density at radius 3 is 2.14 bits per heavy atom. The van der Waals surface area contributed by atoms with E-state index in [9.17, 15) is 18.0 Å². The fraction of sp³-hybridized carbons (Fsp3) is 0.556. The lowest BCUT2D eigenvalue weighted by Crippen LogP contribution is -2.53. The maximum atomic E-state index is 12.7. The summed E-state index contributed by atoms with van der Waals surface area (Å²) in [4.78, 5) is 25.9. The van der Waals surface area contributed by atoms with Crippen molar-refractivity contribution >= 4 is 34.2 Å². The highest BCUT2D eigenvalue weighted by molar-refractivity contribution is 7.89. The third kappa shape index (κ3) is 5.91. The summed E-state index contributed by atoms with van der Waals surface area (Å²) in [6, 6.07) is 6.05. The number of sulfonamides is 1. The smallest absolute Gasteiger partial charge is 0.243 e. The molecule has 0 saturated carbocycles. The number of nitrogens with zero attached hydrogens (tertiary/aromatic N) is 2. The molecular formula is C18H29ClN4O4S. The van der Waals surface area contributed by atoms with Gasteiger partial charge < -0.3 is 16.0 Å². The van der Waals surface area contributed by atoms with Gasteiger partial charge in [0.15, 0.2) is 0 Å². The molecule has 1 aromatic rings. The lowest BCUT2D eigenvalue weighted by molar-refractivity contribution is -0.134. The van der Waals surface area contributed by atoms with E-state index in [4.69, 9.17) is 5.73 Å². The molecule has 0 spiro atoms. The Hall–Kier alpha value is -1.68. The second kappa shape index (κ2) is 10.2. The van der Waals surface area contributed by atoms with Gasteiger partial charge in [-0.1, -0.05) is 31.5 Å². The Balaban J connectivity index is 0.00000392. The average molecular weight is 433 g/mol. The van der Waals surface area contributed by atoms with Crippen molar-refractivity contribution in [2.24, 2.45) is 11.7 Å². The first-order chi connectivity index (χ1) is 12.6. The molecule has 2 amide bonds. The molecule has 1 aliphatic rings. The molecule has 28 heavy (non-hydrogen) atoms. The quantitative estimate of drug-likeness (QED) is 0.673. The molecule has 8 nitrogen and oxygen atoms in total. The van der Waals surface area contributed by atoms with Crippen LogP contribution >= 0.6 is 12.4 Å². The summed E-state index contributed by atoms with van der Waals surface area (Å²) in [5, 5.41) is 2.55. The Bertz CT molecular complexity index is 775. The number of rotatable bonds is 6. The first-order valence-corrected chi connectivity index (χ1v) is 10.4. The molecule has 0 unspecified atom stereocenters. The summed E-state index contributed by atoms with van der Waals surface area (Å²) in [6.07, 6.45) is 0. The highest BCUT2D eigenvalue weighted by Crippen LogP contribution is 2.18. The van der Waals surface area contributed by atoms with E-state index in [0.717, 1.165) is 5.56 Å². The molecule has 1 saturated heterocycles. The van der Waals surface area contributed by atoms with Crippen molar-refractivity contribution in [1.82, 2.24) is 14.5 Å². The van der Waals surface area contributed by atoms with E-state index >= 15 is 0 Å². The molecule has 0 radical (unpaired) electrons. The van der Waals surface area contributed by atoms with Gasteiger partial charge in [0, 0.05) is 26.2 Å². The van der Waals surface area contributed by atoms with E-state index in [1.54, 1.807) is 29.2 Å². The van der Waals surface area contributed by atoms with Gasteiger partial charge in [0.1, 0.15) is 0 Å². The van der Waals surface area contributed by atoms with Crippen molar-refractivity contribution in [2.45, 2.75) is 31.7 Å². The van der Waals surface area contributed by atoms with E-state index in [2.05, 4.69) is 5.32 Å². The second-order valence-corrected chi connectivity index (χ2v) is 9.02. The van der Waals surface area contributed by atoms with Crippen LogP contribution in [0.2, 0.25) is 0 Å². The normalized spacial score (nSPS) is 16.4. The standard InChI is InChI=1S/C18H28N4O4S.ClH/c1-13(2)17(19)18(24)20-12-16(23)21-8-10-22(11-9-21)27(25,26)15-6-4-14(3)5-7-15;/h4-7,13,17H,8-12,19H2,1-3H3,(H,20,24);1H/t17-;/m0./s1. The maximum Gasteiger partial charge on any atom is 0.243 e. The van der Waals surface area contributed by atoms with Crippen LogP contribution in [-0.2, 0) is 19.6 Å². The predicted octanol–water partition coefficient (Wildman–Crippen LogP) is 0.349. The zero-order chi connectivity index (χ0) is 20.2. The first kappa shape index (κ1) is 24.4. The van der Waals surface area contributed by atoms with E-state index < -0.39 is 16.1 Å². The van der Waals surface area contributed by atoms with Crippen LogP contribution in [0.15, 0.2) is 29.2 Å². The van der Waals surface area contributed by atoms with Crippen molar-refractivity contribution in [1.29, 1.82) is 0 Å². The number of amides is 2. The minimum absolute atomic E-state index is 0. The Morgan fingerprint density at radius 1 is 1.11 bits per heavy atom. The molecule has 0 aromatic heterocycles. The molecule has 10 heteroatoms. The molecule has 1 aromatic carbocycles. The number of aryl methyl sites for hydroxylation is 1. The van der Waals surface area contributed by atoms with Crippen LogP contribution in [0.4, 0.5) is 0 Å². The predicted molar refractivity (Wildman–Crippen MR) is 110 cm³/mol. The molecule has 2 rings (SSSR count). The van der Waals surface area contributed by atoms with Crippen molar-refractivity contribution in [3.05, 3.63) is 29.8 Å². The Kier molecular flexibility index (Phi) is 8.87. The van der Waals surface area contributed by atoms with E-state index in [0.29, 0.717) is 0 Å². The zero-order valence-electron chi connectivity index (χ0n) is 16.4. The van der Waals surface area contributed by atoms with Crippen molar-refractivity contribution in [3.8, 4) is 0 Å². The monoisotopic (exact) mass is 432 g/mol. The Labute approximate surface area is 172 Å². The number of hydrogen-bond donors (Lipinski definition) is 2. The summed E-state index contributed by atoms with van der Waals surface area (Å²) in [7, 11) is -3.57. The van der Waals surface area contributed by atoms with Crippen LogP contribution < -0.4 is 11.1 Å². The highest BCUT2D eigenvalue weighted by Gasteiger charge is 2.30. The van der Waals surface area contributed by atoms with Gasteiger partial charge in [0.2, 0.25) is 21.8 Å². The van der Waals surface area contributed by atoms with E-state index in [1.165, 1.54) is 4.31 Å². The molecule has 158 valence electrons. The lowest BCUT2D eigenvalue weighted by atomic mass is 10.1. The van der Waals surface area contributed by atoms with Gasteiger partial charge >= 0.3 is 0 Å². The summed E-state index contributed by atoms with van der Waals surface area (Å²) in [5.41, 5.74) is 6.73. The minimum Gasteiger partial charge on any atom is -0.346 e. The first-order valence-electron chi connectivity index (χ1n) is 9.01. The van der Waals surface area contributed by atoms with Gasteiger partial charge in [-0.3, -0.25) is 9.59 Å². The van der Waals surface area contributed by atoms with Crippen LogP contribution in [0.1, 0.15) is 19.4 Å². The molecular weight excluding hydrogens is 404 g/mol. The summed E-state index contributed by atoms with van der Waals surface area (Å²) in [5.74, 6) is -0.624. The van der Waals surface area contributed by atoms with Crippen LogP contribution in [0, 0.1) is 12.8 Å². The van der Waals surface area contributed by atoms with Crippen LogP contribution in [0.25, 0.3) is 0 Å². The van der Waals surface area contributed by atoms with Gasteiger partial charge in [0.05, 0.1) is 17.5 Å². The maximum absolute atomic E-state index is 12.7. The summed E-state index contributed by atoms with van der Waals surface area (Å²) in [6.45, 7) is 6.45. The molecule has 1 fully saturated rings. The lowest BCUT2D eigenvalue weighted by Gasteiger charge is -2.34. The summed E-state index contributed by atoms with van der Waals surface area (Å²) < 4.78 is 26.7. The second-order valence-electron chi connectivity index (χ2n) is 7.09. The number of nitrogens with one attached hydrogen (secondary N) is 1. The Morgan fingerprint density at radius 2 is 1.64 bits per heavy atom. The average Bonchev–Trinajstić information content (AvgIpc) is 2.65. The third-order valence-corrected chi connectivity index (χ3v) is 6.60.